The van der Waals surface area contributed by atoms with Crippen LogP contribution in [0.4, 0.5) is 0 Å². The fourth-order valence-corrected chi connectivity index (χ4v) is 1.80. The molecule has 0 nitrogen and oxygen atoms in total. The zero-order chi connectivity index (χ0) is 11.1. The van der Waals surface area contributed by atoms with Crippen LogP contribution in [0.5, 0.6) is 0 Å². The number of allylic oxidation sites excluding steroid dienone is 4. The van der Waals surface area contributed by atoms with Crippen LogP contribution in [0.25, 0.3) is 0 Å². The Morgan fingerprint density at radius 2 is 1.60 bits per heavy atom. The number of terminal acetylenes is 1. The Hall–Kier alpha value is -1.74. The van der Waals surface area contributed by atoms with E-state index in [-0.39, 0.29) is 0 Å². The Kier molecular flexibility index (Phi) is 4.44. The Labute approximate surface area is 92.3 Å². The van der Waals surface area contributed by atoms with E-state index in [1.54, 1.807) is 0 Å². The summed E-state index contributed by atoms with van der Waals surface area (Å²) in [5, 5.41) is 0. The third-order valence-electron chi connectivity index (χ3n) is 2.48. The first-order chi connectivity index (χ1) is 7.40. The zero-order valence-corrected chi connectivity index (χ0v) is 9.11. The van der Waals surface area contributed by atoms with Gasteiger partial charge in [0.2, 0.25) is 0 Å². The predicted octanol–water partition coefficient (Wildman–Crippen LogP) is 3.54. The maximum atomic E-state index is 4.00. The van der Waals surface area contributed by atoms with E-state index < -0.39 is 0 Å². The topological polar surface area (TPSA) is 0 Å². The van der Waals surface area contributed by atoms with Gasteiger partial charge in [0.15, 0.2) is 0 Å². The molecule has 76 valence electrons. The van der Waals surface area contributed by atoms with Crippen LogP contribution in [-0.2, 0) is 12.8 Å². The minimum atomic E-state index is 1.14. The van der Waals surface area contributed by atoms with Gasteiger partial charge in [-0.05, 0) is 30.9 Å². The highest BCUT2D eigenvalue weighted by Gasteiger charge is 2.12. The van der Waals surface area contributed by atoms with Gasteiger partial charge < -0.3 is 0 Å². The second kappa shape index (κ2) is 5.88. The summed E-state index contributed by atoms with van der Waals surface area (Å²) < 4.78 is 0. The summed E-state index contributed by atoms with van der Waals surface area (Å²) in [6, 6.07) is 8.70. The van der Waals surface area contributed by atoms with Gasteiger partial charge in [-0.2, -0.15) is 0 Å². The molecule has 0 N–H and O–H groups in total. The smallest absolute Gasteiger partial charge is 0.00578 e. The monoisotopic (exact) mass is 196 g/mol. The van der Waals surface area contributed by atoms with Crippen molar-refractivity contribution in [3.63, 3.8) is 0 Å². The van der Waals surface area contributed by atoms with Crippen LogP contribution in [0.3, 0.4) is 0 Å². The molecule has 1 aromatic carbocycles. The van der Waals surface area contributed by atoms with Gasteiger partial charge in [0.25, 0.3) is 0 Å². The first-order valence-electron chi connectivity index (χ1n) is 5.11. The van der Waals surface area contributed by atoms with E-state index in [4.69, 9.17) is 0 Å². The molecule has 0 aliphatic heterocycles. The van der Waals surface area contributed by atoms with E-state index in [2.05, 4.69) is 62.3 Å². The molecule has 0 fully saturated rings. The lowest BCUT2D eigenvalue weighted by atomic mass is 10.1. The molecule has 0 radical (unpaired) electrons. The predicted molar refractivity (Wildman–Crippen MR) is 66.6 cm³/mol. The average Bonchev–Trinajstić information content (AvgIpc) is 2.71. The lowest BCUT2D eigenvalue weighted by Crippen LogP contribution is -1.77. The van der Waals surface area contributed by atoms with E-state index >= 15 is 0 Å². The van der Waals surface area contributed by atoms with Crippen molar-refractivity contribution in [2.45, 2.75) is 19.8 Å². The normalized spacial score (nSPS) is 13.1. The van der Waals surface area contributed by atoms with Gasteiger partial charge in [0.05, 0.1) is 0 Å². The molecule has 0 spiro atoms. The van der Waals surface area contributed by atoms with Crippen molar-refractivity contribution in [3.8, 4) is 12.8 Å². The second-order valence-corrected chi connectivity index (χ2v) is 3.47. The number of benzene rings is 1. The van der Waals surface area contributed by atoms with Crippen LogP contribution in [0.15, 0.2) is 48.1 Å². The van der Waals surface area contributed by atoms with Crippen LogP contribution in [0, 0.1) is 12.8 Å². The summed E-state index contributed by atoms with van der Waals surface area (Å²) in [6.45, 7) is 2.05. The molecule has 0 bridgehead atoms. The van der Waals surface area contributed by atoms with Crippen LogP contribution in [0.1, 0.15) is 18.1 Å². The molecule has 0 saturated heterocycles. The lowest BCUT2D eigenvalue weighted by molar-refractivity contribution is 1.17. The zero-order valence-electron chi connectivity index (χ0n) is 9.11. The van der Waals surface area contributed by atoms with Gasteiger partial charge in [0.1, 0.15) is 0 Å². The molecular weight excluding hydrogens is 180 g/mol. The first kappa shape index (κ1) is 11.3. The second-order valence-electron chi connectivity index (χ2n) is 3.47. The number of hydrogen-bond acceptors (Lipinski definition) is 0. The Balaban J connectivity index is 0.000000531. The molecule has 0 amide bonds. The third kappa shape index (κ3) is 2.86. The van der Waals surface area contributed by atoms with Gasteiger partial charge in [-0.1, -0.05) is 48.1 Å². The quantitative estimate of drug-likeness (QED) is 0.603. The van der Waals surface area contributed by atoms with Crippen molar-refractivity contribution in [1.29, 1.82) is 0 Å². The Bertz CT molecular complexity index is 364. The van der Waals surface area contributed by atoms with E-state index in [1.807, 2.05) is 0 Å². The van der Waals surface area contributed by atoms with Crippen LogP contribution in [0.2, 0.25) is 0 Å². The van der Waals surface area contributed by atoms with Gasteiger partial charge >= 0.3 is 0 Å². The van der Waals surface area contributed by atoms with Crippen molar-refractivity contribution in [3.05, 3.63) is 59.2 Å². The Morgan fingerprint density at radius 1 is 1.07 bits per heavy atom. The molecule has 1 aliphatic carbocycles. The molecule has 0 heteroatoms. The van der Waals surface area contributed by atoms with Gasteiger partial charge in [-0.15, -0.1) is 12.8 Å². The number of fused-ring (bicyclic) bond motifs is 1. The summed E-state index contributed by atoms with van der Waals surface area (Å²) in [5.74, 6) is 0. The van der Waals surface area contributed by atoms with Gasteiger partial charge in [-0.3, -0.25) is 0 Å². The highest BCUT2D eigenvalue weighted by molar-refractivity contribution is 5.41. The van der Waals surface area contributed by atoms with Gasteiger partial charge in [0, 0.05) is 0 Å². The van der Waals surface area contributed by atoms with Crippen molar-refractivity contribution < 1.29 is 0 Å². The summed E-state index contributed by atoms with van der Waals surface area (Å²) in [7, 11) is 0. The highest BCUT2D eigenvalue weighted by Crippen LogP contribution is 2.25. The SMILES string of the molecule is C#C.C/C=C\C=C1Cc2ccccc2C1. The summed E-state index contributed by atoms with van der Waals surface area (Å²) >= 11 is 0. The van der Waals surface area contributed by atoms with Crippen molar-refractivity contribution in [2.24, 2.45) is 0 Å². The van der Waals surface area contributed by atoms with Crippen molar-refractivity contribution in [1.82, 2.24) is 0 Å². The summed E-state index contributed by atoms with van der Waals surface area (Å²) in [6.07, 6.45) is 16.7. The van der Waals surface area contributed by atoms with Crippen molar-refractivity contribution >= 4 is 0 Å². The molecule has 0 unspecified atom stereocenters. The van der Waals surface area contributed by atoms with Crippen LogP contribution >= 0.6 is 0 Å². The highest BCUT2D eigenvalue weighted by atomic mass is 14.2. The Morgan fingerprint density at radius 3 is 2.07 bits per heavy atom. The molecule has 0 aromatic heterocycles. The van der Waals surface area contributed by atoms with Crippen LogP contribution in [-0.4, -0.2) is 0 Å². The van der Waals surface area contributed by atoms with Crippen molar-refractivity contribution in [2.75, 3.05) is 0 Å². The molecule has 1 aromatic rings. The largest absolute Gasteiger partial charge is 0.124 e. The standard InChI is InChI=1S/C13H14.C2H2/c1-2-3-6-11-9-12-7-4-5-8-13(12)10-11;1-2/h2-8H,9-10H2,1H3;1-2H/b3-2-;. The fourth-order valence-electron chi connectivity index (χ4n) is 1.80. The fraction of sp³-hybridized carbons (Fsp3) is 0.200. The minimum absolute atomic E-state index is 1.14. The maximum absolute atomic E-state index is 4.00. The first-order valence-corrected chi connectivity index (χ1v) is 5.11. The molecule has 15 heavy (non-hydrogen) atoms. The number of rotatable bonds is 1. The average molecular weight is 196 g/mol. The molecular formula is C15H16. The summed E-state index contributed by atoms with van der Waals surface area (Å²) in [4.78, 5) is 0. The maximum Gasteiger partial charge on any atom is -0.00578 e. The third-order valence-corrected chi connectivity index (χ3v) is 2.48. The van der Waals surface area contributed by atoms with E-state index in [0.717, 1.165) is 12.8 Å². The molecule has 0 atom stereocenters. The van der Waals surface area contributed by atoms with E-state index in [9.17, 15) is 0 Å². The molecule has 1 aliphatic rings. The van der Waals surface area contributed by atoms with Crippen LogP contribution < -0.4 is 0 Å². The van der Waals surface area contributed by atoms with E-state index in [0.29, 0.717) is 0 Å². The molecule has 0 heterocycles. The lowest BCUT2D eigenvalue weighted by Gasteiger charge is -1.92. The summed E-state index contributed by atoms with van der Waals surface area (Å²) in [5.41, 5.74) is 4.52. The van der Waals surface area contributed by atoms with Gasteiger partial charge in [-0.25, -0.2) is 0 Å². The molecule has 2 rings (SSSR count). The number of hydrogen-bond donors (Lipinski definition) is 0. The minimum Gasteiger partial charge on any atom is -0.124 e. The molecule has 0 saturated carbocycles. The van der Waals surface area contributed by atoms with E-state index in [1.165, 1.54) is 16.7 Å².